The van der Waals surface area contributed by atoms with Gasteiger partial charge in [-0.15, -0.1) is 0 Å². The van der Waals surface area contributed by atoms with Crippen molar-refractivity contribution in [1.29, 1.82) is 0 Å². The van der Waals surface area contributed by atoms with E-state index in [1.807, 2.05) is 36.4 Å². The zero-order chi connectivity index (χ0) is 20.5. The fourth-order valence-electron chi connectivity index (χ4n) is 3.15. The van der Waals surface area contributed by atoms with Gasteiger partial charge in [-0.3, -0.25) is 9.59 Å². The van der Waals surface area contributed by atoms with Crippen molar-refractivity contribution in [2.45, 2.75) is 0 Å². The fraction of sp³-hybridized carbons (Fsp3) is 0. The minimum absolute atomic E-state index is 0.272. The highest BCUT2D eigenvalue weighted by molar-refractivity contribution is 6.04. The number of amides is 1. The van der Waals surface area contributed by atoms with E-state index >= 15 is 0 Å². The van der Waals surface area contributed by atoms with Crippen molar-refractivity contribution < 1.29 is 4.79 Å². The van der Waals surface area contributed by atoms with Gasteiger partial charge in [0.1, 0.15) is 5.39 Å². The van der Waals surface area contributed by atoms with E-state index in [4.69, 9.17) is 0 Å². The molecule has 3 aromatic heterocycles. The number of para-hydroxylation sites is 3. The van der Waals surface area contributed by atoms with Crippen LogP contribution in [-0.2, 0) is 0 Å². The van der Waals surface area contributed by atoms with Gasteiger partial charge in [-0.2, -0.15) is 10.2 Å². The number of rotatable bonds is 4. The first-order chi connectivity index (χ1) is 14.7. The molecule has 5 rings (SSSR count). The normalized spacial score (nSPS) is 10.9. The molecule has 0 aliphatic rings. The Hall–Kier alpha value is -4.53. The molecule has 1 amide bonds. The van der Waals surface area contributed by atoms with Gasteiger partial charge in [0.25, 0.3) is 11.5 Å². The summed E-state index contributed by atoms with van der Waals surface area (Å²) in [5.41, 5.74) is 2.35. The molecule has 0 spiro atoms. The van der Waals surface area contributed by atoms with Gasteiger partial charge in [0, 0.05) is 6.20 Å². The lowest BCUT2D eigenvalue weighted by Crippen LogP contribution is -2.15. The maximum absolute atomic E-state index is 12.8. The predicted molar refractivity (Wildman–Crippen MR) is 111 cm³/mol. The Kier molecular flexibility index (Phi) is 4.18. The first-order valence-corrected chi connectivity index (χ1v) is 9.14. The number of hydrogen-bond acceptors (Lipinski definition) is 5. The Morgan fingerprint density at radius 1 is 1.00 bits per heavy atom. The largest absolute Gasteiger partial charge is 0.319 e. The number of carbonyl (C=O) groups excluding carboxylic acids is 1. The van der Waals surface area contributed by atoms with Crippen LogP contribution in [0.1, 0.15) is 10.5 Å². The maximum Gasteiger partial charge on any atom is 0.276 e. The van der Waals surface area contributed by atoms with Gasteiger partial charge in [-0.25, -0.2) is 14.3 Å². The molecular weight excluding hydrogens is 382 g/mol. The molecule has 146 valence electrons. The van der Waals surface area contributed by atoms with E-state index in [0.717, 1.165) is 5.69 Å². The average molecular weight is 397 g/mol. The SMILES string of the molecule is O=C(Nc1ccccc1-n1ncc2c(=O)[nH]cnc21)c1ccn(-c2ccccc2)n1. The molecule has 9 heteroatoms. The van der Waals surface area contributed by atoms with Crippen molar-refractivity contribution in [2.24, 2.45) is 0 Å². The van der Waals surface area contributed by atoms with Crippen molar-refractivity contribution >= 4 is 22.6 Å². The summed E-state index contributed by atoms with van der Waals surface area (Å²) in [5.74, 6) is -0.362. The fourth-order valence-corrected chi connectivity index (χ4v) is 3.15. The van der Waals surface area contributed by atoms with Crippen molar-refractivity contribution in [2.75, 3.05) is 5.32 Å². The Labute approximate surface area is 169 Å². The summed E-state index contributed by atoms with van der Waals surface area (Å²) < 4.78 is 3.15. The van der Waals surface area contributed by atoms with Gasteiger partial charge in [-0.1, -0.05) is 30.3 Å². The smallest absolute Gasteiger partial charge is 0.276 e. The molecule has 0 radical (unpaired) electrons. The van der Waals surface area contributed by atoms with Crippen LogP contribution in [0.5, 0.6) is 0 Å². The second kappa shape index (κ2) is 7.13. The van der Waals surface area contributed by atoms with Gasteiger partial charge in [0.2, 0.25) is 0 Å². The Bertz CT molecular complexity index is 1420. The molecule has 0 aliphatic heterocycles. The number of benzene rings is 2. The summed E-state index contributed by atoms with van der Waals surface area (Å²) in [4.78, 5) is 31.5. The number of anilines is 1. The molecule has 0 bridgehead atoms. The van der Waals surface area contributed by atoms with Crippen molar-refractivity contribution in [3.05, 3.63) is 95.4 Å². The number of nitrogens with zero attached hydrogens (tertiary/aromatic N) is 5. The van der Waals surface area contributed by atoms with Gasteiger partial charge in [0.15, 0.2) is 11.3 Å². The number of carbonyl (C=O) groups is 1. The molecule has 5 aromatic rings. The third-order valence-corrected chi connectivity index (χ3v) is 4.59. The average Bonchev–Trinajstić information content (AvgIpc) is 3.43. The standard InChI is InChI=1S/C21H15N7O2/c29-20-15-12-24-28(19(15)22-13-23-20)18-9-5-4-8-16(18)25-21(30)17-10-11-27(26-17)14-6-2-1-3-7-14/h1-13H,(H,25,30)(H,22,23,29). The molecule has 0 saturated carbocycles. The van der Waals surface area contributed by atoms with Crippen LogP contribution in [0.2, 0.25) is 0 Å². The van der Waals surface area contributed by atoms with E-state index in [0.29, 0.717) is 22.4 Å². The lowest BCUT2D eigenvalue weighted by molar-refractivity contribution is 0.102. The third-order valence-electron chi connectivity index (χ3n) is 4.59. The van der Waals surface area contributed by atoms with E-state index in [1.54, 1.807) is 35.1 Å². The van der Waals surface area contributed by atoms with Gasteiger partial charge in [0.05, 0.1) is 29.6 Å². The molecule has 0 atom stereocenters. The molecule has 30 heavy (non-hydrogen) atoms. The Morgan fingerprint density at radius 3 is 2.67 bits per heavy atom. The molecule has 0 saturated heterocycles. The quantitative estimate of drug-likeness (QED) is 0.484. The lowest BCUT2D eigenvalue weighted by atomic mass is 10.2. The van der Waals surface area contributed by atoms with Crippen molar-refractivity contribution in [1.82, 2.24) is 29.5 Å². The van der Waals surface area contributed by atoms with Crippen molar-refractivity contribution in [3.8, 4) is 11.4 Å². The highest BCUT2D eigenvalue weighted by Gasteiger charge is 2.16. The number of H-pyrrole nitrogens is 1. The number of aromatic nitrogens is 6. The summed E-state index contributed by atoms with van der Waals surface area (Å²) >= 11 is 0. The zero-order valence-corrected chi connectivity index (χ0v) is 15.6. The summed E-state index contributed by atoms with van der Waals surface area (Å²) in [7, 11) is 0. The lowest BCUT2D eigenvalue weighted by Gasteiger charge is -2.10. The number of nitrogens with one attached hydrogen (secondary N) is 2. The highest BCUT2D eigenvalue weighted by atomic mass is 16.2. The van der Waals surface area contributed by atoms with Crippen LogP contribution in [0.25, 0.3) is 22.4 Å². The Morgan fingerprint density at radius 2 is 1.80 bits per heavy atom. The van der Waals surface area contributed by atoms with Crippen LogP contribution in [-0.4, -0.2) is 35.4 Å². The number of aromatic amines is 1. The molecule has 0 unspecified atom stereocenters. The highest BCUT2D eigenvalue weighted by Crippen LogP contribution is 2.22. The summed E-state index contributed by atoms with van der Waals surface area (Å²) in [5, 5.41) is 11.9. The third kappa shape index (κ3) is 3.04. The van der Waals surface area contributed by atoms with Gasteiger partial charge in [-0.05, 0) is 30.3 Å². The predicted octanol–water partition coefficient (Wildman–Crippen LogP) is 2.55. The summed E-state index contributed by atoms with van der Waals surface area (Å²) in [6.07, 6.45) is 4.49. The van der Waals surface area contributed by atoms with E-state index < -0.39 is 0 Å². The van der Waals surface area contributed by atoms with E-state index in [9.17, 15) is 9.59 Å². The van der Waals surface area contributed by atoms with Crippen molar-refractivity contribution in [3.63, 3.8) is 0 Å². The molecule has 0 fully saturated rings. The second-order valence-corrected chi connectivity index (χ2v) is 6.48. The number of hydrogen-bond donors (Lipinski definition) is 2. The first-order valence-electron chi connectivity index (χ1n) is 9.14. The molecule has 3 heterocycles. The minimum atomic E-state index is -0.362. The monoisotopic (exact) mass is 397 g/mol. The molecule has 9 nitrogen and oxygen atoms in total. The summed E-state index contributed by atoms with van der Waals surface area (Å²) in [6, 6.07) is 18.3. The molecular formula is C21H15N7O2. The van der Waals surface area contributed by atoms with Crippen LogP contribution >= 0.6 is 0 Å². The molecule has 0 aliphatic carbocycles. The molecule has 2 N–H and O–H groups in total. The van der Waals surface area contributed by atoms with Gasteiger partial charge >= 0.3 is 0 Å². The van der Waals surface area contributed by atoms with Gasteiger partial charge < -0.3 is 10.3 Å². The van der Waals surface area contributed by atoms with E-state index in [-0.39, 0.29) is 17.2 Å². The van der Waals surface area contributed by atoms with Crippen LogP contribution in [0.4, 0.5) is 5.69 Å². The summed E-state index contributed by atoms with van der Waals surface area (Å²) in [6.45, 7) is 0. The zero-order valence-electron chi connectivity index (χ0n) is 15.6. The van der Waals surface area contributed by atoms with Crippen LogP contribution in [0.15, 0.2) is 84.2 Å². The Balaban J connectivity index is 1.48. The first kappa shape index (κ1) is 17.6. The van der Waals surface area contributed by atoms with E-state index in [2.05, 4.69) is 25.5 Å². The maximum atomic E-state index is 12.8. The van der Waals surface area contributed by atoms with Crippen LogP contribution < -0.4 is 10.9 Å². The topological polar surface area (TPSA) is 110 Å². The second-order valence-electron chi connectivity index (χ2n) is 6.48. The van der Waals surface area contributed by atoms with E-state index in [1.165, 1.54) is 17.2 Å². The number of fused-ring (bicyclic) bond motifs is 1. The van der Waals surface area contributed by atoms with Crippen LogP contribution in [0, 0.1) is 0 Å². The minimum Gasteiger partial charge on any atom is -0.319 e. The molecule has 2 aromatic carbocycles. The van der Waals surface area contributed by atoms with Crippen LogP contribution in [0.3, 0.4) is 0 Å².